The van der Waals surface area contributed by atoms with E-state index in [1.165, 1.54) is 0 Å². The van der Waals surface area contributed by atoms with E-state index in [0.717, 1.165) is 12.8 Å². The van der Waals surface area contributed by atoms with Crippen molar-refractivity contribution >= 4 is 0 Å². The molecule has 0 amide bonds. The standard InChI is InChI=1S/C14H18F8/c15-5-9(17)13(21)11(19)7-1-2-8(4-3-7)12(20)14(22)10(18)6-16/h1,4,7-14H,2-3,5-6H2. The molecule has 8 atom stereocenters. The molecular weight excluding hydrogens is 320 g/mol. The Kier molecular flexibility index (Phi) is 7.89. The first kappa shape index (κ1) is 19.5. The van der Waals surface area contributed by atoms with Crippen molar-refractivity contribution in [1.29, 1.82) is 0 Å². The first-order valence-corrected chi connectivity index (χ1v) is 6.96. The van der Waals surface area contributed by atoms with Crippen LogP contribution < -0.4 is 0 Å². The summed E-state index contributed by atoms with van der Waals surface area (Å²) in [5, 5.41) is 0. The van der Waals surface area contributed by atoms with E-state index in [-0.39, 0.29) is 12.8 Å². The molecule has 8 heteroatoms. The van der Waals surface area contributed by atoms with E-state index in [1.54, 1.807) is 0 Å². The van der Waals surface area contributed by atoms with Gasteiger partial charge in [-0.05, 0) is 37.5 Å². The number of rotatable bonds is 8. The van der Waals surface area contributed by atoms with Gasteiger partial charge in [-0.2, -0.15) is 0 Å². The van der Waals surface area contributed by atoms with Crippen LogP contribution in [0.25, 0.3) is 0 Å². The first-order chi connectivity index (χ1) is 10.3. The van der Waals surface area contributed by atoms with Crippen molar-refractivity contribution in [2.24, 2.45) is 11.8 Å². The molecule has 130 valence electrons. The van der Waals surface area contributed by atoms with Crippen LogP contribution in [0.5, 0.6) is 0 Å². The molecule has 0 heterocycles. The zero-order valence-electron chi connectivity index (χ0n) is 11.6. The Morgan fingerprint density at radius 1 is 0.682 bits per heavy atom. The van der Waals surface area contributed by atoms with E-state index in [1.807, 2.05) is 0 Å². The predicted molar refractivity (Wildman–Crippen MR) is 66.1 cm³/mol. The van der Waals surface area contributed by atoms with E-state index in [0.29, 0.717) is 0 Å². The van der Waals surface area contributed by atoms with Crippen LogP contribution in [0.2, 0.25) is 0 Å². The van der Waals surface area contributed by atoms with Gasteiger partial charge < -0.3 is 0 Å². The molecule has 1 rings (SSSR count). The number of hydrogen-bond acceptors (Lipinski definition) is 0. The van der Waals surface area contributed by atoms with Gasteiger partial charge in [0.1, 0.15) is 25.7 Å². The quantitative estimate of drug-likeness (QED) is 0.576. The fraction of sp³-hybridized carbons (Fsp3) is 0.857. The molecule has 0 nitrogen and oxygen atoms in total. The van der Waals surface area contributed by atoms with Crippen LogP contribution >= 0.6 is 0 Å². The van der Waals surface area contributed by atoms with E-state index in [2.05, 4.69) is 0 Å². The second kappa shape index (κ2) is 8.91. The summed E-state index contributed by atoms with van der Waals surface area (Å²) in [6, 6.07) is 0. The summed E-state index contributed by atoms with van der Waals surface area (Å²) in [6.07, 6.45) is -13.2. The molecule has 1 saturated carbocycles. The third-order valence-corrected chi connectivity index (χ3v) is 3.83. The summed E-state index contributed by atoms with van der Waals surface area (Å²) in [5.41, 5.74) is 0. The molecule has 0 saturated heterocycles. The molecule has 0 aromatic heterocycles. The lowest BCUT2D eigenvalue weighted by Gasteiger charge is -2.33. The molecular formula is C14H18F8. The average Bonchev–Trinajstić information content (AvgIpc) is 2.57. The van der Waals surface area contributed by atoms with Gasteiger partial charge in [0.25, 0.3) is 0 Å². The second-order valence-corrected chi connectivity index (χ2v) is 5.39. The van der Waals surface area contributed by atoms with Crippen molar-refractivity contribution in [1.82, 2.24) is 0 Å². The molecule has 8 unspecified atom stereocenters. The number of halogens is 8. The predicted octanol–water partition coefficient (Wildman–Crippen LogP) is 4.39. The average molecular weight is 338 g/mol. The van der Waals surface area contributed by atoms with Gasteiger partial charge in [0, 0.05) is 0 Å². The molecule has 0 aliphatic heterocycles. The van der Waals surface area contributed by atoms with Gasteiger partial charge >= 0.3 is 0 Å². The highest BCUT2D eigenvalue weighted by atomic mass is 19.2. The summed E-state index contributed by atoms with van der Waals surface area (Å²) in [6.45, 7) is -3.31. The van der Waals surface area contributed by atoms with Gasteiger partial charge in [0.05, 0.1) is 0 Å². The maximum atomic E-state index is 13.7. The van der Waals surface area contributed by atoms with Gasteiger partial charge in [0.15, 0.2) is 24.7 Å². The normalized spacial score (nSPS) is 31.1. The van der Waals surface area contributed by atoms with E-state index >= 15 is 0 Å². The van der Waals surface area contributed by atoms with E-state index in [9.17, 15) is 35.1 Å². The minimum absolute atomic E-state index is 0.217. The van der Waals surface area contributed by atoms with Crippen LogP contribution in [-0.4, -0.2) is 50.4 Å². The lowest BCUT2D eigenvalue weighted by Crippen LogP contribution is -2.40. The smallest absolute Gasteiger partial charge is 0.165 e. The van der Waals surface area contributed by atoms with Crippen molar-refractivity contribution in [3.8, 4) is 0 Å². The van der Waals surface area contributed by atoms with E-state index < -0.39 is 62.2 Å². The maximum absolute atomic E-state index is 13.7. The fourth-order valence-electron chi connectivity index (χ4n) is 2.42. The fourth-order valence-corrected chi connectivity index (χ4v) is 2.42. The van der Waals surface area contributed by atoms with Crippen LogP contribution in [0.15, 0.2) is 0 Å². The van der Waals surface area contributed by atoms with Crippen molar-refractivity contribution in [2.45, 2.75) is 49.9 Å². The Labute approximate surface area is 124 Å². The Hall–Kier alpha value is -0.560. The Balaban J connectivity index is 2.49. The van der Waals surface area contributed by atoms with Crippen molar-refractivity contribution in [3.05, 3.63) is 12.8 Å². The molecule has 1 aliphatic rings. The minimum atomic E-state index is -2.65. The molecule has 2 radical (unpaired) electrons. The Morgan fingerprint density at radius 2 is 1.00 bits per heavy atom. The zero-order valence-corrected chi connectivity index (χ0v) is 11.6. The third-order valence-electron chi connectivity index (χ3n) is 3.83. The first-order valence-electron chi connectivity index (χ1n) is 6.96. The van der Waals surface area contributed by atoms with Gasteiger partial charge in [-0.3, -0.25) is 0 Å². The Bertz CT molecular complexity index is 277. The highest BCUT2D eigenvalue weighted by Crippen LogP contribution is 2.37. The van der Waals surface area contributed by atoms with Crippen LogP contribution in [0, 0.1) is 24.7 Å². The molecule has 0 N–H and O–H groups in total. The van der Waals surface area contributed by atoms with Crippen LogP contribution in [0.4, 0.5) is 35.1 Å². The zero-order chi connectivity index (χ0) is 16.9. The second-order valence-electron chi connectivity index (χ2n) is 5.39. The van der Waals surface area contributed by atoms with Crippen LogP contribution in [-0.2, 0) is 0 Å². The topological polar surface area (TPSA) is 0 Å². The van der Waals surface area contributed by atoms with Crippen LogP contribution in [0.1, 0.15) is 12.8 Å². The van der Waals surface area contributed by atoms with E-state index in [4.69, 9.17) is 0 Å². The third kappa shape index (κ3) is 4.72. The summed E-state index contributed by atoms with van der Waals surface area (Å²) in [4.78, 5) is 0. The summed E-state index contributed by atoms with van der Waals surface area (Å²) in [5.74, 6) is -2.19. The molecule has 1 fully saturated rings. The highest BCUT2D eigenvalue weighted by Gasteiger charge is 2.42. The lowest BCUT2D eigenvalue weighted by atomic mass is 9.76. The largest absolute Gasteiger partial charge is 0.248 e. The van der Waals surface area contributed by atoms with Gasteiger partial charge in [-0.15, -0.1) is 0 Å². The van der Waals surface area contributed by atoms with Crippen molar-refractivity contribution in [3.63, 3.8) is 0 Å². The monoisotopic (exact) mass is 338 g/mol. The summed E-state index contributed by atoms with van der Waals surface area (Å²) in [7, 11) is 0. The van der Waals surface area contributed by atoms with Gasteiger partial charge in [-0.1, -0.05) is 0 Å². The van der Waals surface area contributed by atoms with Crippen molar-refractivity contribution < 1.29 is 35.1 Å². The highest BCUT2D eigenvalue weighted by molar-refractivity contribution is 5.03. The molecule has 0 aromatic rings. The Morgan fingerprint density at radius 3 is 1.23 bits per heavy atom. The lowest BCUT2D eigenvalue weighted by molar-refractivity contribution is 0.0235. The molecule has 0 aromatic carbocycles. The number of alkyl halides is 8. The van der Waals surface area contributed by atoms with Crippen molar-refractivity contribution in [2.75, 3.05) is 13.3 Å². The summed E-state index contributed by atoms with van der Waals surface area (Å²) < 4.78 is 103. The molecule has 1 aliphatic carbocycles. The minimum Gasteiger partial charge on any atom is -0.248 e. The SMILES string of the molecule is FCC(F)C(F)C(F)C1[CH]CC(C(F)C(F)C(F)CF)[CH]C1. The maximum Gasteiger partial charge on any atom is 0.165 e. The summed E-state index contributed by atoms with van der Waals surface area (Å²) >= 11 is 0. The van der Waals surface area contributed by atoms with Gasteiger partial charge in [-0.25, -0.2) is 35.1 Å². The molecule has 22 heavy (non-hydrogen) atoms. The van der Waals surface area contributed by atoms with Gasteiger partial charge in [0.2, 0.25) is 0 Å². The molecule has 0 bridgehead atoms. The number of hydrogen-bond donors (Lipinski definition) is 0. The molecule has 0 spiro atoms. The van der Waals surface area contributed by atoms with Crippen LogP contribution in [0.3, 0.4) is 0 Å².